The number of hydrogen-bond donors (Lipinski definition) is 1. The molecule has 1 fully saturated rings. The number of hydrogen-bond acceptors (Lipinski definition) is 2. The molecule has 100 valence electrons. The third-order valence-corrected chi connectivity index (χ3v) is 3.96. The SMILES string of the molecule is CC(c1ccccc1F)N(C)CC1CCCNC1. The zero-order valence-corrected chi connectivity index (χ0v) is 11.3. The van der Waals surface area contributed by atoms with Crippen molar-refractivity contribution in [2.45, 2.75) is 25.8 Å². The van der Waals surface area contributed by atoms with Gasteiger partial charge in [0.15, 0.2) is 0 Å². The summed E-state index contributed by atoms with van der Waals surface area (Å²) in [6.45, 7) is 5.34. The summed E-state index contributed by atoms with van der Waals surface area (Å²) in [6.07, 6.45) is 2.54. The van der Waals surface area contributed by atoms with Gasteiger partial charge in [0, 0.05) is 18.2 Å². The maximum atomic E-state index is 13.7. The van der Waals surface area contributed by atoms with Crippen molar-refractivity contribution >= 4 is 0 Å². The predicted octanol–water partition coefficient (Wildman–Crippen LogP) is 2.82. The van der Waals surface area contributed by atoms with Gasteiger partial charge in [-0.25, -0.2) is 4.39 Å². The normalized spacial score (nSPS) is 22.1. The second-order valence-electron chi connectivity index (χ2n) is 5.35. The molecule has 2 unspecified atom stereocenters. The lowest BCUT2D eigenvalue weighted by atomic mass is 9.97. The Morgan fingerprint density at radius 2 is 2.22 bits per heavy atom. The fraction of sp³-hybridized carbons (Fsp3) is 0.600. The number of rotatable bonds is 4. The number of benzene rings is 1. The molecule has 0 amide bonds. The quantitative estimate of drug-likeness (QED) is 0.884. The van der Waals surface area contributed by atoms with E-state index in [9.17, 15) is 4.39 Å². The summed E-state index contributed by atoms with van der Waals surface area (Å²) in [5, 5.41) is 3.43. The van der Waals surface area contributed by atoms with Gasteiger partial charge in [-0.2, -0.15) is 0 Å². The molecule has 3 heteroatoms. The first-order chi connectivity index (χ1) is 8.68. The van der Waals surface area contributed by atoms with Crippen LogP contribution in [0.4, 0.5) is 4.39 Å². The van der Waals surface area contributed by atoms with E-state index >= 15 is 0 Å². The monoisotopic (exact) mass is 250 g/mol. The van der Waals surface area contributed by atoms with Gasteiger partial charge in [0.1, 0.15) is 5.82 Å². The first-order valence-corrected chi connectivity index (χ1v) is 6.84. The van der Waals surface area contributed by atoms with Crippen LogP contribution in [-0.4, -0.2) is 31.6 Å². The zero-order valence-electron chi connectivity index (χ0n) is 11.3. The van der Waals surface area contributed by atoms with E-state index in [-0.39, 0.29) is 11.9 Å². The summed E-state index contributed by atoms with van der Waals surface area (Å²) in [6, 6.07) is 7.21. The van der Waals surface area contributed by atoms with Crippen LogP contribution in [0.15, 0.2) is 24.3 Å². The Kier molecular flexibility index (Phi) is 4.72. The van der Waals surface area contributed by atoms with Gasteiger partial charge in [-0.3, -0.25) is 4.90 Å². The minimum absolute atomic E-state index is 0.0985. The minimum Gasteiger partial charge on any atom is -0.316 e. The van der Waals surface area contributed by atoms with Gasteiger partial charge in [0.05, 0.1) is 0 Å². The molecule has 0 aromatic heterocycles. The zero-order chi connectivity index (χ0) is 13.0. The van der Waals surface area contributed by atoms with Crippen LogP contribution in [0.5, 0.6) is 0 Å². The Labute approximate surface area is 109 Å². The molecule has 0 radical (unpaired) electrons. The van der Waals surface area contributed by atoms with Crippen molar-refractivity contribution in [3.63, 3.8) is 0 Å². The smallest absolute Gasteiger partial charge is 0.127 e. The Morgan fingerprint density at radius 3 is 2.89 bits per heavy atom. The predicted molar refractivity (Wildman–Crippen MR) is 73.0 cm³/mol. The molecule has 18 heavy (non-hydrogen) atoms. The van der Waals surface area contributed by atoms with Crippen molar-refractivity contribution in [1.29, 1.82) is 0 Å². The fourth-order valence-corrected chi connectivity index (χ4v) is 2.70. The lowest BCUT2D eigenvalue weighted by molar-refractivity contribution is 0.196. The molecule has 1 heterocycles. The van der Waals surface area contributed by atoms with Gasteiger partial charge in [0.2, 0.25) is 0 Å². The van der Waals surface area contributed by atoms with Crippen LogP contribution >= 0.6 is 0 Å². The van der Waals surface area contributed by atoms with Gasteiger partial charge in [-0.1, -0.05) is 18.2 Å². The van der Waals surface area contributed by atoms with Gasteiger partial charge >= 0.3 is 0 Å². The second-order valence-corrected chi connectivity index (χ2v) is 5.35. The summed E-state index contributed by atoms with van der Waals surface area (Å²) >= 11 is 0. The van der Waals surface area contributed by atoms with Gasteiger partial charge in [0.25, 0.3) is 0 Å². The van der Waals surface area contributed by atoms with E-state index in [1.165, 1.54) is 12.8 Å². The van der Waals surface area contributed by atoms with Gasteiger partial charge in [-0.05, 0) is 51.9 Å². The highest BCUT2D eigenvalue weighted by atomic mass is 19.1. The number of nitrogens with one attached hydrogen (secondary N) is 1. The molecule has 1 aromatic rings. The average Bonchev–Trinajstić information content (AvgIpc) is 2.39. The van der Waals surface area contributed by atoms with Crippen molar-refractivity contribution in [2.24, 2.45) is 5.92 Å². The number of piperidine rings is 1. The first-order valence-electron chi connectivity index (χ1n) is 6.84. The Bertz CT molecular complexity index is 375. The van der Waals surface area contributed by atoms with Crippen LogP contribution in [0.2, 0.25) is 0 Å². The van der Waals surface area contributed by atoms with E-state index in [0.717, 1.165) is 25.2 Å². The van der Waals surface area contributed by atoms with Gasteiger partial charge in [-0.15, -0.1) is 0 Å². The molecular weight excluding hydrogens is 227 g/mol. The molecule has 2 nitrogen and oxygen atoms in total. The van der Waals surface area contributed by atoms with Crippen molar-refractivity contribution in [3.8, 4) is 0 Å². The third kappa shape index (κ3) is 3.30. The molecule has 0 bridgehead atoms. The highest BCUT2D eigenvalue weighted by Gasteiger charge is 2.20. The van der Waals surface area contributed by atoms with Crippen LogP contribution in [0.3, 0.4) is 0 Å². The Hall–Kier alpha value is -0.930. The summed E-state index contributed by atoms with van der Waals surface area (Å²) in [5.41, 5.74) is 0.795. The number of nitrogens with zero attached hydrogens (tertiary/aromatic N) is 1. The highest BCUT2D eigenvalue weighted by Crippen LogP contribution is 2.23. The Morgan fingerprint density at radius 1 is 1.44 bits per heavy atom. The standard InChI is InChI=1S/C15H23FN2/c1-12(14-7-3-4-8-15(14)16)18(2)11-13-6-5-9-17-10-13/h3-4,7-8,12-13,17H,5-6,9-11H2,1-2H3. The van der Waals surface area contributed by atoms with E-state index in [2.05, 4.69) is 24.2 Å². The molecule has 1 saturated heterocycles. The van der Waals surface area contributed by atoms with Crippen LogP contribution in [0.1, 0.15) is 31.4 Å². The van der Waals surface area contributed by atoms with Crippen molar-refractivity contribution in [3.05, 3.63) is 35.6 Å². The lowest BCUT2D eigenvalue weighted by Gasteiger charge is -2.31. The third-order valence-electron chi connectivity index (χ3n) is 3.96. The van der Waals surface area contributed by atoms with E-state index in [4.69, 9.17) is 0 Å². The molecule has 2 rings (SSSR count). The topological polar surface area (TPSA) is 15.3 Å². The van der Waals surface area contributed by atoms with Crippen molar-refractivity contribution in [1.82, 2.24) is 10.2 Å². The molecule has 0 aliphatic carbocycles. The van der Waals surface area contributed by atoms with Gasteiger partial charge < -0.3 is 5.32 Å². The van der Waals surface area contributed by atoms with E-state index < -0.39 is 0 Å². The second kappa shape index (κ2) is 6.30. The molecule has 2 atom stereocenters. The first kappa shape index (κ1) is 13.5. The van der Waals surface area contributed by atoms with Crippen LogP contribution in [0, 0.1) is 11.7 Å². The minimum atomic E-state index is -0.0985. The molecule has 1 aliphatic rings. The molecule has 1 N–H and O–H groups in total. The lowest BCUT2D eigenvalue weighted by Crippen LogP contribution is -2.37. The molecule has 1 aliphatic heterocycles. The summed E-state index contributed by atoms with van der Waals surface area (Å²) in [5.74, 6) is 0.594. The maximum absolute atomic E-state index is 13.7. The summed E-state index contributed by atoms with van der Waals surface area (Å²) < 4.78 is 13.7. The summed E-state index contributed by atoms with van der Waals surface area (Å²) in [4.78, 5) is 2.26. The summed E-state index contributed by atoms with van der Waals surface area (Å²) in [7, 11) is 2.09. The van der Waals surface area contributed by atoms with E-state index in [0.29, 0.717) is 5.92 Å². The molecular formula is C15H23FN2. The molecule has 0 spiro atoms. The van der Waals surface area contributed by atoms with E-state index in [1.54, 1.807) is 12.1 Å². The highest BCUT2D eigenvalue weighted by molar-refractivity contribution is 5.20. The van der Waals surface area contributed by atoms with Crippen LogP contribution < -0.4 is 5.32 Å². The van der Waals surface area contributed by atoms with Crippen LogP contribution in [0.25, 0.3) is 0 Å². The molecule has 1 aromatic carbocycles. The Balaban J connectivity index is 1.95. The average molecular weight is 250 g/mol. The van der Waals surface area contributed by atoms with Crippen molar-refractivity contribution < 1.29 is 4.39 Å². The largest absolute Gasteiger partial charge is 0.316 e. The van der Waals surface area contributed by atoms with Crippen LogP contribution in [-0.2, 0) is 0 Å². The van der Waals surface area contributed by atoms with E-state index in [1.807, 2.05) is 12.1 Å². The molecule has 0 saturated carbocycles. The maximum Gasteiger partial charge on any atom is 0.127 e. The van der Waals surface area contributed by atoms with Crippen molar-refractivity contribution in [2.75, 3.05) is 26.7 Å². The number of halogens is 1. The fourth-order valence-electron chi connectivity index (χ4n) is 2.70.